The predicted molar refractivity (Wildman–Crippen MR) is 79.9 cm³/mol. The van der Waals surface area contributed by atoms with Crippen molar-refractivity contribution >= 4 is 12.0 Å². The number of rotatable bonds is 11. The third kappa shape index (κ3) is 9.61. The molecule has 20 heavy (non-hydrogen) atoms. The Kier molecular flexibility index (Phi) is 10.8. The van der Waals surface area contributed by atoms with E-state index >= 15 is 0 Å². The van der Waals surface area contributed by atoms with Crippen LogP contribution in [0.5, 0.6) is 0 Å². The molecule has 0 aromatic carbocycles. The van der Waals surface area contributed by atoms with Gasteiger partial charge in [-0.15, -0.1) is 0 Å². The molecule has 0 spiro atoms. The van der Waals surface area contributed by atoms with Crippen molar-refractivity contribution in [3.05, 3.63) is 0 Å². The Hall–Kier alpha value is -1.30. The van der Waals surface area contributed by atoms with Crippen LogP contribution in [0.1, 0.15) is 46.5 Å². The monoisotopic (exact) mass is 287 g/mol. The summed E-state index contributed by atoms with van der Waals surface area (Å²) in [7, 11) is 0. The van der Waals surface area contributed by atoms with Gasteiger partial charge < -0.3 is 20.6 Å². The molecule has 0 fully saturated rings. The molecule has 0 rings (SSSR count). The van der Waals surface area contributed by atoms with Gasteiger partial charge in [0.05, 0.1) is 6.42 Å². The summed E-state index contributed by atoms with van der Waals surface area (Å²) in [5, 5.41) is 14.3. The molecule has 1 unspecified atom stereocenters. The second kappa shape index (κ2) is 11.5. The maximum absolute atomic E-state index is 11.7. The van der Waals surface area contributed by atoms with Crippen molar-refractivity contribution in [2.45, 2.75) is 52.5 Å². The highest BCUT2D eigenvalue weighted by molar-refractivity contribution is 5.75. The largest absolute Gasteiger partial charge is 0.481 e. The van der Waals surface area contributed by atoms with Gasteiger partial charge in [-0.2, -0.15) is 0 Å². The second-order valence-electron chi connectivity index (χ2n) is 4.92. The van der Waals surface area contributed by atoms with Crippen molar-refractivity contribution in [1.29, 1.82) is 0 Å². The third-order valence-electron chi connectivity index (χ3n) is 3.09. The number of carbonyl (C=O) groups excluding carboxylic acids is 1. The quantitative estimate of drug-likeness (QED) is 0.540. The van der Waals surface area contributed by atoms with E-state index in [-0.39, 0.29) is 18.5 Å². The summed E-state index contributed by atoms with van der Waals surface area (Å²) in [6, 6.07) is -0.576. The van der Waals surface area contributed by atoms with E-state index in [1.807, 2.05) is 6.92 Å². The molecule has 0 aromatic rings. The molecule has 0 aromatic heterocycles. The van der Waals surface area contributed by atoms with Crippen molar-refractivity contribution in [3.63, 3.8) is 0 Å². The third-order valence-corrected chi connectivity index (χ3v) is 3.09. The van der Waals surface area contributed by atoms with Crippen LogP contribution in [0.25, 0.3) is 0 Å². The molecule has 0 aliphatic carbocycles. The van der Waals surface area contributed by atoms with Crippen LogP contribution in [0.4, 0.5) is 4.79 Å². The molecule has 1 atom stereocenters. The number of nitrogens with one attached hydrogen (secondary N) is 2. The molecule has 0 radical (unpaired) electrons. The van der Waals surface area contributed by atoms with Gasteiger partial charge in [-0.25, -0.2) is 4.79 Å². The van der Waals surface area contributed by atoms with Gasteiger partial charge in [0.15, 0.2) is 0 Å². The van der Waals surface area contributed by atoms with E-state index < -0.39 is 5.97 Å². The van der Waals surface area contributed by atoms with E-state index in [0.717, 1.165) is 32.5 Å². The first-order valence-electron chi connectivity index (χ1n) is 7.51. The molecule has 6 nitrogen and oxygen atoms in total. The topological polar surface area (TPSA) is 81.7 Å². The minimum Gasteiger partial charge on any atom is -0.481 e. The van der Waals surface area contributed by atoms with E-state index in [9.17, 15) is 9.59 Å². The summed E-state index contributed by atoms with van der Waals surface area (Å²) in [6.07, 6.45) is 2.59. The molecule has 2 amide bonds. The highest BCUT2D eigenvalue weighted by atomic mass is 16.4. The highest BCUT2D eigenvalue weighted by Gasteiger charge is 2.14. The first kappa shape index (κ1) is 18.7. The molecule has 0 saturated carbocycles. The van der Waals surface area contributed by atoms with Gasteiger partial charge >= 0.3 is 12.0 Å². The van der Waals surface area contributed by atoms with Crippen molar-refractivity contribution in [3.8, 4) is 0 Å². The number of carboxylic acid groups (broad SMARTS) is 1. The lowest BCUT2D eigenvalue weighted by Gasteiger charge is -2.21. The Balaban J connectivity index is 3.97. The highest BCUT2D eigenvalue weighted by Crippen LogP contribution is 2.01. The van der Waals surface area contributed by atoms with Gasteiger partial charge in [0.1, 0.15) is 0 Å². The van der Waals surface area contributed by atoms with E-state index in [4.69, 9.17) is 5.11 Å². The van der Waals surface area contributed by atoms with Crippen LogP contribution >= 0.6 is 0 Å². The van der Waals surface area contributed by atoms with Crippen molar-refractivity contribution < 1.29 is 14.7 Å². The van der Waals surface area contributed by atoms with E-state index in [1.165, 1.54) is 0 Å². The van der Waals surface area contributed by atoms with Gasteiger partial charge in [-0.3, -0.25) is 4.79 Å². The van der Waals surface area contributed by atoms with E-state index in [1.54, 1.807) is 0 Å². The van der Waals surface area contributed by atoms with Crippen LogP contribution in [-0.2, 0) is 4.79 Å². The molecule has 0 saturated heterocycles. The lowest BCUT2D eigenvalue weighted by Crippen LogP contribution is -2.45. The summed E-state index contributed by atoms with van der Waals surface area (Å²) in [5.74, 6) is -0.885. The van der Waals surface area contributed by atoms with Gasteiger partial charge in [0.2, 0.25) is 0 Å². The summed E-state index contributed by atoms with van der Waals surface area (Å²) < 4.78 is 0. The van der Waals surface area contributed by atoms with Crippen LogP contribution in [0.15, 0.2) is 0 Å². The molecular weight excluding hydrogens is 258 g/mol. The Labute approximate surface area is 121 Å². The SMILES string of the molecule is CCCC(CC(=O)O)NC(=O)NCCN(CC)CCC. The molecule has 0 heterocycles. The fourth-order valence-corrected chi connectivity index (χ4v) is 2.09. The number of likely N-dealkylation sites (N-methyl/N-ethyl adjacent to an activating group) is 1. The first-order valence-corrected chi connectivity index (χ1v) is 7.51. The number of hydrogen-bond donors (Lipinski definition) is 3. The molecular formula is C14H29N3O3. The van der Waals surface area contributed by atoms with E-state index in [2.05, 4.69) is 29.4 Å². The van der Waals surface area contributed by atoms with Crippen LogP contribution in [-0.4, -0.2) is 54.2 Å². The first-order chi connectivity index (χ1) is 9.53. The van der Waals surface area contributed by atoms with Crippen molar-refractivity contribution in [1.82, 2.24) is 15.5 Å². The number of carbonyl (C=O) groups is 2. The Morgan fingerprint density at radius 2 is 1.85 bits per heavy atom. The normalized spacial score (nSPS) is 12.2. The molecule has 0 bridgehead atoms. The van der Waals surface area contributed by atoms with Crippen LogP contribution in [0.3, 0.4) is 0 Å². The number of nitrogens with zero attached hydrogens (tertiary/aromatic N) is 1. The Morgan fingerprint density at radius 3 is 2.35 bits per heavy atom. The zero-order valence-electron chi connectivity index (χ0n) is 12.9. The van der Waals surface area contributed by atoms with Crippen molar-refractivity contribution in [2.24, 2.45) is 0 Å². The lowest BCUT2D eigenvalue weighted by molar-refractivity contribution is -0.137. The zero-order chi connectivity index (χ0) is 15.4. The van der Waals surface area contributed by atoms with Crippen molar-refractivity contribution in [2.75, 3.05) is 26.2 Å². The summed E-state index contributed by atoms with van der Waals surface area (Å²) >= 11 is 0. The van der Waals surface area contributed by atoms with Gasteiger partial charge in [0, 0.05) is 19.1 Å². The average Bonchev–Trinajstić information content (AvgIpc) is 2.37. The van der Waals surface area contributed by atoms with Gasteiger partial charge in [0.25, 0.3) is 0 Å². The maximum atomic E-state index is 11.7. The fourth-order valence-electron chi connectivity index (χ4n) is 2.09. The lowest BCUT2D eigenvalue weighted by atomic mass is 10.1. The molecule has 0 aliphatic rings. The summed E-state index contributed by atoms with van der Waals surface area (Å²) in [6.45, 7) is 9.58. The maximum Gasteiger partial charge on any atom is 0.315 e. The van der Waals surface area contributed by atoms with Gasteiger partial charge in [-0.1, -0.05) is 27.2 Å². The standard InChI is InChI=1S/C14H29N3O3/c1-4-7-12(11-13(18)19)16-14(20)15-8-10-17(6-3)9-5-2/h12H,4-11H2,1-3H3,(H,18,19)(H2,15,16,20). The van der Waals surface area contributed by atoms with E-state index in [0.29, 0.717) is 13.0 Å². The number of urea groups is 1. The molecule has 0 aliphatic heterocycles. The summed E-state index contributed by atoms with van der Waals surface area (Å²) in [5.41, 5.74) is 0. The molecule has 3 N–H and O–H groups in total. The van der Waals surface area contributed by atoms with Crippen LogP contribution in [0, 0.1) is 0 Å². The van der Waals surface area contributed by atoms with Crippen LogP contribution < -0.4 is 10.6 Å². The minimum atomic E-state index is -0.885. The molecule has 118 valence electrons. The average molecular weight is 287 g/mol. The number of aliphatic carboxylic acids is 1. The number of hydrogen-bond acceptors (Lipinski definition) is 3. The number of carboxylic acids is 1. The zero-order valence-corrected chi connectivity index (χ0v) is 12.9. The predicted octanol–water partition coefficient (Wildman–Crippen LogP) is 1.66. The molecule has 6 heteroatoms. The Bertz CT molecular complexity index is 285. The Morgan fingerprint density at radius 1 is 1.15 bits per heavy atom. The number of amides is 2. The fraction of sp³-hybridized carbons (Fsp3) is 0.857. The summed E-state index contributed by atoms with van der Waals surface area (Å²) in [4.78, 5) is 24.7. The second-order valence-corrected chi connectivity index (χ2v) is 4.92. The smallest absolute Gasteiger partial charge is 0.315 e. The van der Waals surface area contributed by atoms with Gasteiger partial charge in [-0.05, 0) is 25.9 Å². The minimum absolute atomic E-state index is 0.0296. The van der Waals surface area contributed by atoms with Crippen LogP contribution in [0.2, 0.25) is 0 Å².